The fourth-order valence-corrected chi connectivity index (χ4v) is 3.30. The highest BCUT2D eigenvalue weighted by Gasteiger charge is 2.42. The number of nitrogens with two attached hydrogens (primary N) is 1. The number of amides is 1. The maximum Gasteiger partial charge on any atom is 0.227 e. The first-order valence-electron chi connectivity index (χ1n) is 7.93. The van der Waals surface area contributed by atoms with Gasteiger partial charge < -0.3 is 15.4 Å². The molecule has 0 spiro atoms. The predicted molar refractivity (Wildman–Crippen MR) is 82.1 cm³/mol. The number of nitrogens with zero attached hydrogens (tertiary/aromatic N) is 1. The van der Waals surface area contributed by atoms with Gasteiger partial charge >= 0.3 is 0 Å². The zero-order valence-corrected chi connectivity index (χ0v) is 12.6. The Balaban J connectivity index is 1.64. The van der Waals surface area contributed by atoms with E-state index in [1.54, 1.807) is 0 Å². The minimum atomic E-state index is 0.156. The molecule has 1 aromatic carbocycles. The number of carbonyl (C=O) groups is 1. The third-order valence-corrected chi connectivity index (χ3v) is 4.61. The van der Waals surface area contributed by atoms with E-state index in [1.807, 2.05) is 36.1 Å². The predicted octanol–water partition coefficient (Wildman–Crippen LogP) is 1.82. The van der Waals surface area contributed by atoms with Gasteiger partial charge in [-0.15, -0.1) is 0 Å². The molecule has 4 heteroatoms. The number of hydrogen-bond donors (Lipinski definition) is 1. The van der Waals surface area contributed by atoms with Gasteiger partial charge in [-0.25, -0.2) is 0 Å². The van der Waals surface area contributed by atoms with Crippen molar-refractivity contribution < 1.29 is 9.53 Å². The number of benzene rings is 1. The average Bonchev–Trinajstić information content (AvgIpc) is 3.24. The van der Waals surface area contributed by atoms with E-state index in [4.69, 9.17) is 10.5 Å². The van der Waals surface area contributed by atoms with Crippen LogP contribution in [0, 0.1) is 11.8 Å². The third-order valence-electron chi connectivity index (χ3n) is 4.61. The van der Waals surface area contributed by atoms with E-state index in [1.165, 1.54) is 12.8 Å². The molecule has 2 aliphatic rings. The smallest absolute Gasteiger partial charge is 0.227 e. The molecule has 0 aromatic heterocycles. The van der Waals surface area contributed by atoms with Gasteiger partial charge in [-0.3, -0.25) is 4.79 Å². The van der Waals surface area contributed by atoms with Crippen molar-refractivity contribution in [2.45, 2.75) is 32.2 Å². The van der Waals surface area contributed by atoms with Crippen molar-refractivity contribution >= 4 is 5.91 Å². The van der Waals surface area contributed by atoms with Crippen molar-refractivity contribution in [3.05, 3.63) is 29.8 Å². The Bertz CT molecular complexity index is 513. The molecule has 1 aliphatic heterocycles. The number of para-hydroxylation sites is 1. The molecule has 1 aromatic rings. The summed E-state index contributed by atoms with van der Waals surface area (Å²) in [6.45, 7) is 4.11. The normalized spacial score (nSPS) is 25.1. The Morgan fingerprint density at radius 1 is 1.33 bits per heavy atom. The van der Waals surface area contributed by atoms with Crippen molar-refractivity contribution in [2.75, 3.05) is 19.7 Å². The van der Waals surface area contributed by atoms with Gasteiger partial charge in [0.25, 0.3) is 0 Å². The summed E-state index contributed by atoms with van der Waals surface area (Å²) in [5, 5.41) is 0. The molecule has 1 aliphatic carbocycles. The highest BCUT2D eigenvalue weighted by molar-refractivity contribution is 5.80. The second-order valence-corrected chi connectivity index (χ2v) is 6.18. The van der Waals surface area contributed by atoms with Gasteiger partial charge in [0.2, 0.25) is 5.91 Å². The molecule has 0 radical (unpaired) electrons. The Hall–Kier alpha value is -1.55. The minimum Gasteiger partial charge on any atom is -0.494 e. The third kappa shape index (κ3) is 3.21. The minimum absolute atomic E-state index is 0.156. The standard InChI is InChI=1S/C17H24N2O2/c1-2-21-16-6-4-3-5-13(16)9-17(20)19-10-14(12-7-8-12)15(18)11-19/h3-6,12,14-15H,2,7-11,18H2,1H3/t14-,15+/m1/s1. The van der Waals surface area contributed by atoms with Gasteiger partial charge in [0, 0.05) is 24.7 Å². The van der Waals surface area contributed by atoms with Crippen molar-refractivity contribution in [1.82, 2.24) is 4.90 Å². The van der Waals surface area contributed by atoms with Gasteiger partial charge in [-0.2, -0.15) is 0 Å². The van der Waals surface area contributed by atoms with E-state index in [0.29, 0.717) is 25.5 Å². The molecule has 1 amide bonds. The van der Waals surface area contributed by atoms with Crippen LogP contribution in [0.4, 0.5) is 0 Å². The van der Waals surface area contributed by atoms with Gasteiger partial charge in [-0.05, 0) is 37.7 Å². The van der Waals surface area contributed by atoms with Crippen LogP contribution in [0.15, 0.2) is 24.3 Å². The summed E-state index contributed by atoms with van der Waals surface area (Å²) in [7, 11) is 0. The van der Waals surface area contributed by atoms with E-state index >= 15 is 0 Å². The van der Waals surface area contributed by atoms with E-state index in [0.717, 1.165) is 23.8 Å². The fraction of sp³-hybridized carbons (Fsp3) is 0.588. The van der Waals surface area contributed by atoms with Gasteiger partial charge in [0.15, 0.2) is 0 Å². The lowest BCUT2D eigenvalue weighted by Crippen LogP contribution is -2.33. The number of likely N-dealkylation sites (tertiary alicyclic amines) is 1. The maximum absolute atomic E-state index is 12.5. The maximum atomic E-state index is 12.5. The summed E-state index contributed by atoms with van der Waals surface area (Å²) in [6.07, 6.45) is 2.97. The van der Waals surface area contributed by atoms with Crippen LogP contribution in [0.25, 0.3) is 0 Å². The van der Waals surface area contributed by atoms with Crippen molar-refractivity contribution in [2.24, 2.45) is 17.6 Å². The first-order chi connectivity index (χ1) is 10.2. The first-order valence-corrected chi connectivity index (χ1v) is 7.93. The molecular weight excluding hydrogens is 264 g/mol. The molecule has 1 saturated carbocycles. The summed E-state index contributed by atoms with van der Waals surface area (Å²) in [5.41, 5.74) is 7.17. The van der Waals surface area contributed by atoms with Gasteiger partial charge in [-0.1, -0.05) is 18.2 Å². The number of carbonyl (C=O) groups excluding carboxylic acids is 1. The zero-order chi connectivity index (χ0) is 14.8. The molecule has 0 unspecified atom stereocenters. The van der Waals surface area contributed by atoms with Crippen LogP contribution in [0.3, 0.4) is 0 Å². The van der Waals surface area contributed by atoms with Crippen LogP contribution in [0.2, 0.25) is 0 Å². The second-order valence-electron chi connectivity index (χ2n) is 6.18. The van der Waals surface area contributed by atoms with Crippen LogP contribution in [0.5, 0.6) is 5.75 Å². The SMILES string of the molecule is CCOc1ccccc1CC(=O)N1C[C@H](C2CC2)[C@@H](N)C1. The summed E-state index contributed by atoms with van der Waals surface area (Å²) >= 11 is 0. The molecule has 0 bridgehead atoms. The zero-order valence-electron chi connectivity index (χ0n) is 12.6. The van der Waals surface area contributed by atoms with Crippen molar-refractivity contribution in [1.29, 1.82) is 0 Å². The van der Waals surface area contributed by atoms with E-state index in [-0.39, 0.29) is 11.9 Å². The quantitative estimate of drug-likeness (QED) is 0.899. The topological polar surface area (TPSA) is 55.6 Å². The first kappa shape index (κ1) is 14.4. The van der Waals surface area contributed by atoms with E-state index in [2.05, 4.69) is 0 Å². The average molecular weight is 288 g/mol. The molecule has 4 nitrogen and oxygen atoms in total. The van der Waals surface area contributed by atoms with Crippen LogP contribution >= 0.6 is 0 Å². The highest BCUT2D eigenvalue weighted by atomic mass is 16.5. The molecule has 1 heterocycles. The molecule has 2 fully saturated rings. The summed E-state index contributed by atoms with van der Waals surface area (Å²) < 4.78 is 5.60. The van der Waals surface area contributed by atoms with Crippen LogP contribution in [-0.2, 0) is 11.2 Å². The number of rotatable bonds is 5. The number of hydrogen-bond acceptors (Lipinski definition) is 3. The fourth-order valence-electron chi connectivity index (χ4n) is 3.30. The Kier molecular flexibility index (Phi) is 4.15. The summed E-state index contributed by atoms with van der Waals surface area (Å²) in [4.78, 5) is 14.5. The van der Waals surface area contributed by atoms with Crippen LogP contribution < -0.4 is 10.5 Å². The molecule has 2 N–H and O–H groups in total. The molecule has 21 heavy (non-hydrogen) atoms. The monoisotopic (exact) mass is 288 g/mol. The van der Waals surface area contributed by atoms with Crippen LogP contribution in [0.1, 0.15) is 25.3 Å². The lowest BCUT2D eigenvalue weighted by atomic mass is 9.99. The molecule has 1 saturated heterocycles. The summed E-state index contributed by atoms with van der Waals surface area (Å²) in [6, 6.07) is 7.94. The Morgan fingerprint density at radius 2 is 2.10 bits per heavy atom. The highest BCUT2D eigenvalue weighted by Crippen LogP contribution is 2.41. The molecule has 2 atom stereocenters. The number of ether oxygens (including phenoxy) is 1. The van der Waals surface area contributed by atoms with E-state index < -0.39 is 0 Å². The lowest BCUT2D eigenvalue weighted by molar-refractivity contribution is -0.129. The van der Waals surface area contributed by atoms with Crippen molar-refractivity contribution in [3.63, 3.8) is 0 Å². The Morgan fingerprint density at radius 3 is 2.81 bits per heavy atom. The van der Waals surface area contributed by atoms with Crippen LogP contribution in [-0.4, -0.2) is 36.5 Å². The van der Waals surface area contributed by atoms with Gasteiger partial charge in [0.05, 0.1) is 13.0 Å². The summed E-state index contributed by atoms with van der Waals surface area (Å²) in [5.74, 6) is 2.25. The largest absolute Gasteiger partial charge is 0.494 e. The van der Waals surface area contributed by atoms with E-state index in [9.17, 15) is 4.79 Å². The Labute approximate surface area is 126 Å². The second kappa shape index (κ2) is 6.06. The molecular formula is C17H24N2O2. The molecule has 114 valence electrons. The molecule has 3 rings (SSSR count). The van der Waals surface area contributed by atoms with Gasteiger partial charge in [0.1, 0.15) is 5.75 Å². The lowest BCUT2D eigenvalue weighted by Gasteiger charge is -2.17. The van der Waals surface area contributed by atoms with Crippen molar-refractivity contribution in [3.8, 4) is 5.75 Å².